The number of hydrogen-bond donors (Lipinski definition) is 1. The first-order chi connectivity index (χ1) is 9.04. The van der Waals surface area contributed by atoms with E-state index >= 15 is 0 Å². The maximum Gasteiger partial charge on any atom is 0.298 e. The molecule has 2 rings (SSSR count). The fourth-order valence-electron chi connectivity index (χ4n) is 1.79. The summed E-state index contributed by atoms with van der Waals surface area (Å²) in [6, 6.07) is 11.5. The van der Waals surface area contributed by atoms with Gasteiger partial charge in [0, 0.05) is 16.8 Å². The molecule has 0 aliphatic carbocycles. The monoisotopic (exact) mass is 263 g/mol. The van der Waals surface area contributed by atoms with Gasteiger partial charge >= 0.3 is 0 Å². The summed E-state index contributed by atoms with van der Waals surface area (Å²) in [5.74, 6) is -2.46. The van der Waals surface area contributed by atoms with Gasteiger partial charge < -0.3 is 10.5 Å². The SMILES string of the molecule is CCOc1ccc(C(F)(F)c2ccc(N)cc2)cc1. The van der Waals surface area contributed by atoms with Gasteiger partial charge in [0.25, 0.3) is 5.92 Å². The van der Waals surface area contributed by atoms with Crippen LogP contribution in [-0.4, -0.2) is 6.61 Å². The fraction of sp³-hybridized carbons (Fsp3) is 0.200. The van der Waals surface area contributed by atoms with Crippen LogP contribution in [0.1, 0.15) is 18.1 Å². The number of anilines is 1. The van der Waals surface area contributed by atoms with E-state index in [2.05, 4.69) is 0 Å². The van der Waals surface area contributed by atoms with Crippen molar-refractivity contribution >= 4 is 5.69 Å². The third-order valence-corrected chi connectivity index (χ3v) is 2.80. The molecular weight excluding hydrogens is 248 g/mol. The molecule has 0 spiro atoms. The van der Waals surface area contributed by atoms with Crippen LogP contribution in [0.5, 0.6) is 5.75 Å². The molecule has 0 saturated heterocycles. The van der Waals surface area contributed by atoms with Crippen molar-refractivity contribution in [3.05, 3.63) is 59.7 Å². The van der Waals surface area contributed by atoms with Gasteiger partial charge in [-0.25, -0.2) is 0 Å². The van der Waals surface area contributed by atoms with E-state index in [9.17, 15) is 8.78 Å². The molecule has 2 N–H and O–H groups in total. The summed E-state index contributed by atoms with van der Waals surface area (Å²) < 4.78 is 33.7. The van der Waals surface area contributed by atoms with Crippen LogP contribution in [0.3, 0.4) is 0 Å². The summed E-state index contributed by atoms with van der Waals surface area (Å²) >= 11 is 0. The summed E-state index contributed by atoms with van der Waals surface area (Å²) in [7, 11) is 0. The van der Waals surface area contributed by atoms with E-state index in [1.165, 1.54) is 36.4 Å². The molecule has 0 aliphatic heterocycles. The molecule has 0 bridgehead atoms. The number of halogens is 2. The Kier molecular flexibility index (Phi) is 3.69. The molecule has 2 nitrogen and oxygen atoms in total. The maximum atomic E-state index is 14.3. The highest BCUT2D eigenvalue weighted by molar-refractivity contribution is 5.43. The van der Waals surface area contributed by atoms with Crippen LogP contribution in [0.25, 0.3) is 0 Å². The second-order valence-electron chi connectivity index (χ2n) is 4.15. The Balaban J connectivity index is 2.30. The summed E-state index contributed by atoms with van der Waals surface area (Å²) in [5, 5.41) is 0. The topological polar surface area (TPSA) is 35.2 Å². The van der Waals surface area contributed by atoms with Gasteiger partial charge in [0.2, 0.25) is 0 Å². The van der Waals surface area contributed by atoms with Gasteiger partial charge in [-0.2, -0.15) is 8.78 Å². The third-order valence-electron chi connectivity index (χ3n) is 2.80. The first-order valence-electron chi connectivity index (χ1n) is 6.01. The summed E-state index contributed by atoms with van der Waals surface area (Å²) in [6.07, 6.45) is 0. The Hall–Kier alpha value is -2.10. The summed E-state index contributed by atoms with van der Waals surface area (Å²) in [6.45, 7) is 2.35. The van der Waals surface area contributed by atoms with Gasteiger partial charge in [0.1, 0.15) is 5.75 Å². The third kappa shape index (κ3) is 2.84. The molecule has 0 unspecified atom stereocenters. The van der Waals surface area contributed by atoms with Crippen LogP contribution in [0.15, 0.2) is 48.5 Å². The largest absolute Gasteiger partial charge is 0.494 e. The molecule has 0 radical (unpaired) electrons. The lowest BCUT2D eigenvalue weighted by atomic mass is 10.00. The van der Waals surface area contributed by atoms with E-state index in [0.717, 1.165) is 0 Å². The van der Waals surface area contributed by atoms with E-state index in [1.54, 1.807) is 12.1 Å². The predicted molar refractivity (Wildman–Crippen MR) is 71.5 cm³/mol. The molecule has 0 atom stereocenters. The summed E-state index contributed by atoms with van der Waals surface area (Å²) in [4.78, 5) is 0. The molecule has 0 aromatic heterocycles. The summed E-state index contributed by atoms with van der Waals surface area (Å²) in [5.41, 5.74) is 5.82. The first kappa shape index (κ1) is 13.3. The number of benzene rings is 2. The Morgan fingerprint density at radius 2 is 1.42 bits per heavy atom. The van der Waals surface area contributed by atoms with Crippen LogP contribution in [-0.2, 0) is 5.92 Å². The van der Waals surface area contributed by atoms with Gasteiger partial charge in [0.05, 0.1) is 6.61 Å². The minimum atomic E-state index is -3.04. The zero-order chi connectivity index (χ0) is 13.9. The molecule has 2 aromatic rings. The van der Waals surface area contributed by atoms with Crippen molar-refractivity contribution in [3.63, 3.8) is 0 Å². The standard InChI is InChI=1S/C15H15F2NO/c1-2-19-14-9-5-12(6-10-14)15(16,17)11-3-7-13(18)8-4-11/h3-10H,2,18H2,1H3. The highest BCUT2D eigenvalue weighted by Gasteiger charge is 2.33. The average Bonchev–Trinajstić information content (AvgIpc) is 2.40. The van der Waals surface area contributed by atoms with Crippen molar-refractivity contribution in [1.82, 2.24) is 0 Å². The second-order valence-corrected chi connectivity index (χ2v) is 4.15. The van der Waals surface area contributed by atoms with Crippen LogP contribution in [0.4, 0.5) is 14.5 Å². The lowest BCUT2D eigenvalue weighted by molar-refractivity contribution is 0.0428. The molecule has 0 fully saturated rings. The second kappa shape index (κ2) is 5.26. The first-order valence-corrected chi connectivity index (χ1v) is 6.01. The van der Waals surface area contributed by atoms with Crippen molar-refractivity contribution < 1.29 is 13.5 Å². The van der Waals surface area contributed by atoms with Crippen molar-refractivity contribution in [2.45, 2.75) is 12.8 Å². The minimum absolute atomic E-state index is 0.0688. The smallest absolute Gasteiger partial charge is 0.298 e. The zero-order valence-electron chi connectivity index (χ0n) is 10.6. The van der Waals surface area contributed by atoms with E-state index < -0.39 is 5.92 Å². The number of nitrogen functional groups attached to an aromatic ring is 1. The number of hydrogen-bond acceptors (Lipinski definition) is 2. The van der Waals surface area contributed by atoms with Crippen LogP contribution in [0.2, 0.25) is 0 Å². The highest BCUT2D eigenvalue weighted by atomic mass is 19.3. The van der Waals surface area contributed by atoms with E-state index in [0.29, 0.717) is 18.0 Å². The Morgan fingerprint density at radius 3 is 1.89 bits per heavy atom. The average molecular weight is 263 g/mol. The van der Waals surface area contributed by atoms with Crippen LogP contribution < -0.4 is 10.5 Å². The lowest BCUT2D eigenvalue weighted by Crippen LogP contribution is -2.15. The number of rotatable bonds is 4. The van der Waals surface area contributed by atoms with Crippen molar-refractivity contribution in [1.29, 1.82) is 0 Å². The number of alkyl halides is 2. The Morgan fingerprint density at radius 1 is 0.947 bits per heavy atom. The normalized spacial score (nSPS) is 11.3. The molecule has 2 aromatic carbocycles. The quantitative estimate of drug-likeness (QED) is 0.851. The predicted octanol–water partition coefficient (Wildman–Crippen LogP) is 3.81. The lowest BCUT2D eigenvalue weighted by Gasteiger charge is -2.17. The van der Waals surface area contributed by atoms with E-state index in [-0.39, 0.29) is 11.1 Å². The number of nitrogens with two attached hydrogens (primary N) is 1. The molecule has 0 saturated carbocycles. The molecule has 0 heterocycles. The molecule has 4 heteroatoms. The van der Waals surface area contributed by atoms with Gasteiger partial charge in [-0.15, -0.1) is 0 Å². The number of ether oxygens (including phenoxy) is 1. The van der Waals surface area contributed by atoms with E-state index in [4.69, 9.17) is 10.5 Å². The Bertz CT molecular complexity index is 535. The van der Waals surface area contributed by atoms with Crippen molar-refractivity contribution in [2.24, 2.45) is 0 Å². The molecule has 0 aliphatic rings. The Labute approximate surface area is 110 Å². The van der Waals surface area contributed by atoms with Crippen molar-refractivity contribution in [2.75, 3.05) is 12.3 Å². The van der Waals surface area contributed by atoms with Gasteiger partial charge in [-0.05, 0) is 43.3 Å². The molecule has 100 valence electrons. The fourth-order valence-corrected chi connectivity index (χ4v) is 1.79. The zero-order valence-corrected chi connectivity index (χ0v) is 10.6. The van der Waals surface area contributed by atoms with Gasteiger partial charge in [-0.3, -0.25) is 0 Å². The van der Waals surface area contributed by atoms with Crippen LogP contribution in [0, 0.1) is 0 Å². The van der Waals surface area contributed by atoms with Crippen LogP contribution >= 0.6 is 0 Å². The molecular formula is C15H15F2NO. The molecule has 19 heavy (non-hydrogen) atoms. The van der Waals surface area contributed by atoms with Gasteiger partial charge in [0.15, 0.2) is 0 Å². The van der Waals surface area contributed by atoms with E-state index in [1.807, 2.05) is 6.92 Å². The van der Waals surface area contributed by atoms with Crippen molar-refractivity contribution in [3.8, 4) is 5.75 Å². The maximum absolute atomic E-state index is 14.3. The molecule has 0 amide bonds. The van der Waals surface area contributed by atoms with Gasteiger partial charge in [-0.1, -0.05) is 12.1 Å². The highest BCUT2D eigenvalue weighted by Crippen LogP contribution is 2.36. The minimum Gasteiger partial charge on any atom is -0.494 e.